The van der Waals surface area contributed by atoms with Gasteiger partial charge in [-0.3, -0.25) is 9.69 Å². The number of nitrogens with one attached hydrogen (secondary N) is 1. The first-order chi connectivity index (χ1) is 12.7. The third-order valence-corrected chi connectivity index (χ3v) is 4.81. The normalized spacial score (nSPS) is 15.0. The average molecular weight is 354 g/mol. The van der Waals surface area contributed by atoms with Crippen LogP contribution in [-0.2, 0) is 17.8 Å². The Bertz CT molecular complexity index is 730. The first-order valence-corrected chi connectivity index (χ1v) is 9.00. The Morgan fingerprint density at radius 1 is 1.12 bits per heavy atom. The average Bonchev–Trinajstić information content (AvgIpc) is 2.70. The monoisotopic (exact) mass is 354 g/mol. The third kappa shape index (κ3) is 4.76. The van der Waals surface area contributed by atoms with Gasteiger partial charge in [0.05, 0.1) is 7.11 Å². The number of methoxy groups -OCH3 is 1. The zero-order chi connectivity index (χ0) is 18.4. The summed E-state index contributed by atoms with van der Waals surface area (Å²) in [5.74, 6) is 1.31. The van der Waals surface area contributed by atoms with E-state index in [9.17, 15) is 4.79 Å². The number of hydrogen-bond acceptors (Lipinski definition) is 4. The van der Waals surface area contributed by atoms with Crippen molar-refractivity contribution < 1.29 is 14.3 Å². The van der Waals surface area contributed by atoms with E-state index >= 15 is 0 Å². The van der Waals surface area contributed by atoms with Crippen LogP contribution in [0.5, 0.6) is 11.5 Å². The fraction of sp³-hybridized carbons (Fsp3) is 0.381. The largest absolute Gasteiger partial charge is 0.497 e. The van der Waals surface area contributed by atoms with E-state index in [1.165, 1.54) is 11.1 Å². The molecule has 0 bridgehead atoms. The van der Waals surface area contributed by atoms with Crippen molar-refractivity contribution in [2.24, 2.45) is 0 Å². The van der Waals surface area contributed by atoms with Crippen molar-refractivity contribution in [2.45, 2.75) is 25.9 Å². The lowest BCUT2D eigenvalue weighted by Gasteiger charge is -2.33. The van der Waals surface area contributed by atoms with Crippen LogP contribution in [0.15, 0.2) is 48.5 Å². The van der Waals surface area contributed by atoms with Gasteiger partial charge in [0.25, 0.3) is 5.91 Å². The number of rotatable bonds is 7. The van der Waals surface area contributed by atoms with Crippen LogP contribution >= 0.6 is 0 Å². The molecule has 0 spiro atoms. The highest BCUT2D eigenvalue weighted by atomic mass is 16.5. The van der Waals surface area contributed by atoms with Crippen molar-refractivity contribution >= 4 is 5.91 Å². The smallest absolute Gasteiger partial charge is 0.257 e. The summed E-state index contributed by atoms with van der Waals surface area (Å²) in [6, 6.07) is 16.1. The van der Waals surface area contributed by atoms with Gasteiger partial charge < -0.3 is 14.8 Å². The van der Waals surface area contributed by atoms with Gasteiger partial charge in [-0.1, -0.05) is 24.3 Å². The van der Waals surface area contributed by atoms with Gasteiger partial charge in [-0.05, 0) is 48.7 Å². The summed E-state index contributed by atoms with van der Waals surface area (Å²) in [7, 11) is 1.62. The molecule has 1 N–H and O–H groups in total. The number of carbonyl (C=O) groups is 1. The number of nitrogens with zero attached hydrogens (tertiary/aromatic N) is 1. The molecule has 2 aromatic rings. The number of ether oxygens (including phenoxy) is 2. The van der Waals surface area contributed by atoms with Crippen LogP contribution < -0.4 is 14.8 Å². The van der Waals surface area contributed by atoms with Crippen molar-refractivity contribution in [3.63, 3.8) is 0 Å². The molecule has 0 fully saturated rings. The Balaban J connectivity index is 1.41. The molecule has 0 radical (unpaired) electrons. The van der Waals surface area contributed by atoms with E-state index < -0.39 is 0 Å². The molecule has 3 rings (SSSR count). The van der Waals surface area contributed by atoms with Crippen molar-refractivity contribution in [3.8, 4) is 11.5 Å². The first-order valence-electron chi connectivity index (χ1n) is 9.00. The second-order valence-corrected chi connectivity index (χ2v) is 6.61. The number of fused-ring (bicyclic) bond motifs is 1. The fourth-order valence-corrected chi connectivity index (χ4v) is 3.16. The molecule has 2 aromatic carbocycles. The molecule has 0 aliphatic carbocycles. The Hall–Kier alpha value is -2.53. The van der Waals surface area contributed by atoms with Gasteiger partial charge in [0.1, 0.15) is 11.5 Å². The van der Waals surface area contributed by atoms with Crippen molar-refractivity contribution in [1.82, 2.24) is 10.2 Å². The highest BCUT2D eigenvalue weighted by Crippen LogP contribution is 2.20. The quantitative estimate of drug-likeness (QED) is 0.830. The molecule has 1 amide bonds. The standard InChI is InChI=1S/C21H26N2O3/c1-16(23-12-11-17-5-3-4-6-18(17)14-23)13-22-21(24)15-26-20-9-7-19(25-2)8-10-20/h3-10,16H,11-15H2,1-2H3,(H,22,24)/t16-/m0/s1. The number of benzene rings is 2. The summed E-state index contributed by atoms with van der Waals surface area (Å²) >= 11 is 0. The van der Waals surface area contributed by atoms with Crippen molar-refractivity contribution in [1.29, 1.82) is 0 Å². The summed E-state index contributed by atoms with van der Waals surface area (Å²) in [5, 5.41) is 2.97. The Labute approximate surface area is 154 Å². The van der Waals surface area contributed by atoms with Gasteiger partial charge in [0, 0.05) is 25.7 Å². The van der Waals surface area contributed by atoms with Crippen LogP contribution in [0.3, 0.4) is 0 Å². The first kappa shape index (κ1) is 18.3. The summed E-state index contributed by atoms with van der Waals surface area (Å²) in [5.41, 5.74) is 2.83. The highest BCUT2D eigenvalue weighted by Gasteiger charge is 2.20. The van der Waals surface area contributed by atoms with Crippen LogP contribution in [0.2, 0.25) is 0 Å². The minimum atomic E-state index is -0.106. The number of carbonyl (C=O) groups excluding carboxylic acids is 1. The molecule has 5 nitrogen and oxygen atoms in total. The lowest BCUT2D eigenvalue weighted by molar-refractivity contribution is -0.123. The molecule has 0 aromatic heterocycles. The molecule has 1 atom stereocenters. The lowest BCUT2D eigenvalue weighted by atomic mass is 9.99. The van der Waals surface area contributed by atoms with Crippen molar-refractivity contribution in [2.75, 3.05) is 26.8 Å². The third-order valence-electron chi connectivity index (χ3n) is 4.81. The summed E-state index contributed by atoms with van der Waals surface area (Å²) in [4.78, 5) is 14.5. The van der Waals surface area contributed by atoms with Gasteiger partial charge in [0.15, 0.2) is 6.61 Å². The Kier molecular flexibility index (Phi) is 6.12. The van der Waals surface area contributed by atoms with E-state index in [0.717, 1.165) is 25.3 Å². The van der Waals surface area contributed by atoms with E-state index in [-0.39, 0.29) is 18.6 Å². The SMILES string of the molecule is COc1ccc(OCC(=O)NC[C@H](C)N2CCc3ccccc3C2)cc1. The Morgan fingerprint density at radius 2 is 1.81 bits per heavy atom. The Morgan fingerprint density at radius 3 is 2.54 bits per heavy atom. The zero-order valence-corrected chi connectivity index (χ0v) is 15.4. The molecular weight excluding hydrogens is 328 g/mol. The fourth-order valence-electron chi connectivity index (χ4n) is 3.16. The summed E-state index contributed by atoms with van der Waals surface area (Å²) in [6.07, 6.45) is 1.06. The molecule has 5 heteroatoms. The topological polar surface area (TPSA) is 50.8 Å². The molecule has 0 saturated heterocycles. The van der Waals surface area contributed by atoms with E-state index in [4.69, 9.17) is 9.47 Å². The van der Waals surface area contributed by atoms with Crippen LogP contribution in [0, 0.1) is 0 Å². The second kappa shape index (κ2) is 8.72. The van der Waals surface area contributed by atoms with Gasteiger partial charge in [-0.15, -0.1) is 0 Å². The second-order valence-electron chi connectivity index (χ2n) is 6.61. The molecule has 0 unspecified atom stereocenters. The summed E-state index contributed by atoms with van der Waals surface area (Å²) < 4.78 is 10.6. The van der Waals surface area contributed by atoms with Gasteiger partial charge in [-0.2, -0.15) is 0 Å². The lowest BCUT2D eigenvalue weighted by Crippen LogP contribution is -2.45. The van der Waals surface area contributed by atoms with Gasteiger partial charge in [-0.25, -0.2) is 0 Å². The van der Waals surface area contributed by atoms with E-state index in [1.807, 2.05) is 12.1 Å². The minimum Gasteiger partial charge on any atom is -0.497 e. The summed E-state index contributed by atoms with van der Waals surface area (Å²) in [6.45, 7) is 4.75. The van der Waals surface area contributed by atoms with E-state index in [1.54, 1.807) is 19.2 Å². The maximum atomic E-state index is 12.0. The molecule has 1 heterocycles. The van der Waals surface area contributed by atoms with E-state index in [0.29, 0.717) is 12.3 Å². The van der Waals surface area contributed by atoms with Crippen LogP contribution in [0.4, 0.5) is 0 Å². The highest BCUT2D eigenvalue weighted by molar-refractivity contribution is 5.77. The van der Waals surface area contributed by atoms with Gasteiger partial charge >= 0.3 is 0 Å². The van der Waals surface area contributed by atoms with E-state index in [2.05, 4.69) is 41.4 Å². The van der Waals surface area contributed by atoms with Crippen LogP contribution in [-0.4, -0.2) is 43.7 Å². The number of amides is 1. The molecular formula is C21H26N2O3. The van der Waals surface area contributed by atoms with Crippen molar-refractivity contribution in [3.05, 3.63) is 59.7 Å². The van der Waals surface area contributed by atoms with Crippen LogP contribution in [0.25, 0.3) is 0 Å². The molecule has 0 saturated carbocycles. The van der Waals surface area contributed by atoms with Gasteiger partial charge in [0.2, 0.25) is 0 Å². The maximum Gasteiger partial charge on any atom is 0.257 e. The minimum absolute atomic E-state index is 0.0158. The number of hydrogen-bond donors (Lipinski definition) is 1. The predicted molar refractivity (Wildman–Crippen MR) is 102 cm³/mol. The van der Waals surface area contributed by atoms with Crippen LogP contribution in [0.1, 0.15) is 18.1 Å². The predicted octanol–water partition coefficient (Wildman–Crippen LogP) is 2.64. The zero-order valence-electron chi connectivity index (χ0n) is 15.4. The maximum absolute atomic E-state index is 12.0. The molecule has 1 aliphatic rings. The molecule has 1 aliphatic heterocycles. The molecule has 26 heavy (non-hydrogen) atoms. The molecule has 138 valence electrons.